The molecule has 0 fully saturated rings. The molecule has 22 heavy (non-hydrogen) atoms. The number of hydrogen-bond acceptors (Lipinski definition) is 4. The van der Waals surface area contributed by atoms with Crippen molar-refractivity contribution < 1.29 is 14.3 Å². The Morgan fingerprint density at radius 2 is 2.09 bits per heavy atom. The molecule has 0 aliphatic heterocycles. The van der Waals surface area contributed by atoms with Gasteiger partial charge in [0.15, 0.2) is 5.58 Å². The van der Waals surface area contributed by atoms with E-state index in [-0.39, 0.29) is 24.5 Å². The number of hydrogen-bond donors (Lipinski definition) is 2. The predicted molar refractivity (Wildman–Crippen MR) is 83.6 cm³/mol. The monoisotopic (exact) mass is 306 g/mol. The van der Waals surface area contributed by atoms with E-state index in [0.29, 0.717) is 17.6 Å². The van der Waals surface area contributed by atoms with Gasteiger partial charge >= 0.3 is 5.76 Å². The van der Waals surface area contributed by atoms with Crippen LogP contribution < -0.4 is 11.1 Å². The molecule has 0 saturated heterocycles. The molecule has 0 spiro atoms. The van der Waals surface area contributed by atoms with Gasteiger partial charge in [0.2, 0.25) is 5.91 Å². The molecule has 1 aromatic carbocycles. The summed E-state index contributed by atoms with van der Waals surface area (Å²) in [5.74, 6) is -0.756. The van der Waals surface area contributed by atoms with Crippen LogP contribution in [0.1, 0.15) is 26.7 Å². The van der Waals surface area contributed by atoms with Crippen LogP contribution in [0.25, 0.3) is 11.1 Å². The minimum Gasteiger partial charge on any atom is -0.408 e. The molecule has 0 aliphatic carbocycles. The van der Waals surface area contributed by atoms with E-state index < -0.39 is 5.76 Å². The second-order valence-electron chi connectivity index (χ2n) is 6.20. The SMILES string of the molecule is CC(C)(CO)CCCNC(=O)Cn1c(=O)oc2ccccc21. The van der Waals surface area contributed by atoms with Gasteiger partial charge in [-0.15, -0.1) is 0 Å². The van der Waals surface area contributed by atoms with Crippen molar-refractivity contribution in [1.29, 1.82) is 0 Å². The van der Waals surface area contributed by atoms with Crippen LogP contribution in [0.4, 0.5) is 0 Å². The maximum atomic E-state index is 11.9. The fourth-order valence-corrected chi connectivity index (χ4v) is 2.24. The first-order valence-electron chi connectivity index (χ1n) is 7.39. The largest absolute Gasteiger partial charge is 0.420 e. The zero-order chi connectivity index (χ0) is 16.2. The molecule has 2 aromatic rings. The number of nitrogens with one attached hydrogen (secondary N) is 1. The molecular formula is C16H22N2O4. The Labute approximate surface area is 128 Å². The lowest BCUT2D eigenvalue weighted by Crippen LogP contribution is -2.32. The highest BCUT2D eigenvalue weighted by Crippen LogP contribution is 2.20. The van der Waals surface area contributed by atoms with E-state index >= 15 is 0 Å². The Hall–Kier alpha value is -2.08. The van der Waals surface area contributed by atoms with Crippen molar-refractivity contribution >= 4 is 17.0 Å². The number of nitrogens with zero attached hydrogens (tertiary/aromatic N) is 1. The van der Waals surface area contributed by atoms with Gasteiger partial charge in [0, 0.05) is 13.2 Å². The van der Waals surface area contributed by atoms with Gasteiger partial charge in [0.1, 0.15) is 6.54 Å². The summed E-state index contributed by atoms with van der Waals surface area (Å²) in [7, 11) is 0. The molecule has 1 aromatic heterocycles. The van der Waals surface area contributed by atoms with Gasteiger partial charge in [-0.05, 0) is 30.4 Å². The van der Waals surface area contributed by atoms with Gasteiger partial charge in [-0.1, -0.05) is 26.0 Å². The number of benzene rings is 1. The Bertz CT molecular complexity index is 699. The smallest absolute Gasteiger partial charge is 0.408 e. The Kier molecular flexibility index (Phi) is 5.03. The molecule has 1 amide bonds. The molecular weight excluding hydrogens is 284 g/mol. The molecule has 0 atom stereocenters. The summed E-state index contributed by atoms with van der Waals surface area (Å²) in [5, 5.41) is 12.0. The molecule has 1 heterocycles. The van der Waals surface area contributed by atoms with E-state index in [9.17, 15) is 9.59 Å². The molecule has 6 nitrogen and oxygen atoms in total. The van der Waals surface area contributed by atoms with Gasteiger partial charge in [0.25, 0.3) is 0 Å². The van der Waals surface area contributed by atoms with E-state index in [0.717, 1.165) is 12.8 Å². The summed E-state index contributed by atoms with van der Waals surface area (Å²) in [6.45, 7) is 4.54. The average molecular weight is 306 g/mol. The normalized spacial score (nSPS) is 11.8. The summed E-state index contributed by atoms with van der Waals surface area (Å²) >= 11 is 0. The number of aliphatic hydroxyl groups excluding tert-OH is 1. The first-order chi connectivity index (χ1) is 10.4. The third-order valence-corrected chi connectivity index (χ3v) is 3.66. The van der Waals surface area contributed by atoms with Crippen LogP contribution in [0.2, 0.25) is 0 Å². The van der Waals surface area contributed by atoms with E-state index in [1.54, 1.807) is 24.3 Å². The molecule has 2 N–H and O–H groups in total. The Morgan fingerprint density at radius 3 is 2.82 bits per heavy atom. The van der Waals surface area contributed by atoms with Crippen molar-refractivity contribution in [3.8, 4) is 0 Å². The van der Waals surface area contributed by atoms with Gasteiger partial charge in [-0.25, -0.2) is 4.79 Å². The average Bonchev–Trinajstić information content (AvgIpc) is 2.80. The standard InChI is InChI=1S/C16H22N2O4/c1-16(2,11-19)8-5-9-17-14(20)10-18-12-6-3-4-7-13(12)22-15(18)21/h3-4,6-7,19H,5,8-11H2,1-2H3,(H,17,20). The van der Waals surface area contributed by atoms with Crippen molar-refractivity contribution in [3.63, 3.8) is 0 Å². The first kappa shape index (κ1) is 16.3. The third-order valence-electron chi connectivity index (χ3n) is 3.66. The first-order valence-corrected chi connectivity index (χ1v) is 7.39. The molecule has 6 heteroatoms. The minimum absolute atomic E-state index is 0.0563. The lowest BCUT2D eigenvalue weighted by molar-refractivity contribution is -0.121. The second kappa shape index (κ2) is 6.79. The molecule has 0 saturated carbocycles. The number of oxazole rings is 1. The van der Waals surface area contributed by atoms with Gasteiger partial charge in [-0.2, -0.15) is 0 Å². The van der Waals surface area contributed by atoms with Crippen LogP contribution in [-0.2, 0) is 11.3 Å². The number of amides is 1. The number of carbonyl (C=O) groups excluding carboxylic acids is 1. The van der Waals surface area contributed by atoms with Crippen LogP contribution in [0, 0.1) is 5.41 Å². The van der Waals surface area contributed by atoms with Crippen LogP contribution >= 0.6 is 0 Å². The van der Waals surface area contributed by atoms with Crippen LogP contribution in [-0.4, -0.2) is 28.7 Å². The van der Waals surface area contributed by atoms with Gasteiger partial charge < -0.3 is 14.8 Å². The summed E-state index contributed by atoms with van der Waals surface area (Å²) in [6.07, 6.45) is 1.60. The summed E-state index contributed by atoms with van der Waals surface area (Å²) in [6, 6.07) is 7.01. The fraction of sp³-hybridized carbons (Fsp3) is 0.500. The van der Waals surface area contributed by atoms with E-state index in [1.807, 2.05) is 13.8 Å². The highest BCUT2D eigenvalue weighted by Gasteiger charge is 2.16. The maximum Gasteiger partial charge on any atom is 0.420 e. The van der Waals surface area contributed by atoms with Crippen molar-refractivity contribution in [2.24, 2.45) is 5.41 Å². The quantitative estimate of drug-likeness (QED) is 0.759. The number of rotatable bonds is 7. The zero-order valence-electron chi connectivity index (χ0n) is 13.0. The van der Waals surface area contributed by atoms with Crippen LogP contribution in [0.15, 0.2) is 33.5 Å². The van der Waals surface area contributed by atoms with E-state index in [1.165, 1.54) is 4.57 Å². The van der Waals surface area contributed by atoms with E-state index in [4.69, 9.17) is 9.52 Å². The number of aliphatic hydroxyl groups is 1. The zero-order valence-corrected chi connectivity index (χ0v) is 13.0. The molecule has 120 valence electrons. The Morgan fingerprint density at radius 1 is 1.36 bits per heavy atom. The van der Waals surface area contributed by atoms with E-state index in [2.05, 4.69) is 5.32 Å². The molecule has 0 unspecified atom stereocenters. The minimum atomic E-state index is -0.530. The molecule has 0 aliphatic rings. The van der Waals surface area contributed by atoms with Crippen molar-refractivity contribution in [2.75, 3.05) is 13.2 Å². The summed E-state index contributed by atoms with van der Waals surface area (Å²) < 4.78 is 6.41. The topological polar surface area (TPSA) is 84.5 Å². The second-order valence-corrected chi connectivity index (χ2v) is 6.20. The summed E-state index contributed by atoms with van der Waals surface area (Å²) in [4.78, 5) is 23.7. The fourth-order valence-electron chi connectivity index (χ4n) is 2.24. The highest BCUT2D eigenvalue weighted by atomic mass is 16.4. The Balaban J connectivity index is 1.89. The lowest BCUT2D eigenvalue weighted by atomic mass is 9.89. The van der Waals surface area contributed by atoms with Gasteiger partial charge in [0.05, 0.1) is 5.52 Å². The van der Waals surface area contributed by atoms with Crippen molar-refractivity contribution in [3.05, 3.63) is 34.8 Å². The van der Waals surface area contributed by atoms with Crippen LogP contribution in [0.3, 0.4) is 0 Å². The van der Waals surface area contributed by atoms with Gasteiger partial charge in [-0.3, -0.25) is 9.36 Å². The van der Waals surface area contributed by atoms with Crippen molar-refractivity contribution in [2.45, 2.75) is 33.2 Å². The molecule has 0 radical (unpaired) electrons. The van der Waals surface area contributed by atoms with Crippen molar-refractivity contribution in [1.82, 2.24) is 9.88 Å². The number of carbonyl (C=O) groups is 1. The number of aromatic nitrogens is 1. The predicted octanol–water partition coefficient (Wildman–Crippen LogP) is 1.51. The highest BCUT2D eigenvalue weighted by molar-refractivity contribution is 5.79. The lowest BCUT2D eigenvalue weighted by Gasteiger charge is -2.21. The summed E-state index contributed by atoms with van der Waals surface area (Å²) in [5.41, 5.74) is 0.955. The number of fused-ring (bicyclic) bond motifs is 1. The maximum absolute atomic E-state index is 11.9. The number of para-hydroxylation sites is 2. The molecule has 0 bridgehead atoms. The molecule has 2 rings (SSSR count). The van der Waals surface area contributed by atoms with Crippen LogP contribution in [0.5, 0.6) is 0 Å². The third kappa shape index (κ3) is 3.98.